The van der Waals surface area contributed by atoms with E-state index in [1.54, 1.807) is 19.1 Å². The van der Waals surface area contributed by atoms with Crippen molar-refractivity contribution in [3.8, 4) is 5.75 Å². The molecule has 0 atom stereocenters. The minimum absolute atomic E-state index is 0.0594. The lowest BCUT2D eigenvalue weighted by Gasteiger charge is -2.55. The second-order valence-corrected chi connectivity index (χ2v) is 8.98. The zero-order valence-electron chi connectivity index (χ0n) is 16.4. The van der Waals surface area contributed by atoms with Gasteiger partial charge in [0.1, 0.15) is 5.75 Å². The van der Waals surface area contributed by atoms with E-state index in [1.807, 2.05) is 24.3 Å². The summed E-state index contributed by atoms with van der Waals surface area (Å²) in [5, 5.41) is 2.97. The highest BCUT2D eigenvalue weighted by Gasteiger charge is 2.54. The van der Waals surface area contributed by atoms with Crippen molar-refractivity contribution in [3.05, 3.63) is 29.8 Å². The molecule has 4 fully saturated rings. The number of carbonyl (C=O) groups is 2. The maximum absolute atomic E-state index is 13.0. The third-order valence-electron chi connectivity index (χ3n) is 6.90. The lowest BCUT2D eigenvalue weighted by atomic mass is 9.49. The van der Waals surface area contributed by atoms with Crippen LogP contribution >= 0.6 is 0 Å². The Kier molecular flexibility index (Phi) is 4.87. The van der Waals surface area contributed by atoms with Gasteiger partial charge in [0.15, 0.2) is 0 Å². The minimum Gasteiger partial charge on any atom is -0.497 e. The first-order valence-corrected chi connectivity index (χ1v) is 10.1. The standard InChI is InChI=1S/C22H30N2O3/c1-24(14-15-4-3-5-19(9-15)27-2)20(25)13-23-21(26)22-10-16-6-17(11-22)8-18(7-16)12-22/h3-5,9,16-18H,6-8,10-14H2,1-2H3,(H,23,26). The number of hydrogen-bond donors (Lipinski definition) is 1. The number of nitrogens with zero attached hydrogens (tertiary/aromatic N) is 1. The van der Waals surface area contributed by atoms with Gasteiger partial charge in [0.05, 0.1) is 13.7 Å². The molecule has 2 amide bonds. The second-order valence-electron chi connectivity index (χ2n) is 8.98. The van der Waals surface area contributed by atoms with Crippen LogP contribution in [0.4, 0.5) is 0 Å². The summed E-state index contributed by atoms with van der Waals surface area (Å²) in [5.41, 5.74) is 0.818. The topological polar surface area (TPSA) is 58.6 Å². The molecule has 1 N–H and O–H groups in total. The average Bonchev–Trinajstić information content (AvgIpc) is 2.64. The van der Waals surface area contributed by atoms with Crippen LogP contribution in [0.25, 0.3) is 0 Å². The molecule has 0 saturated heterocycles. The molecule has 1 aromatic carbocycles. The lowest BCUT2D eigenvalue weighted by molar-refractivity contribution is -0.147. The molecule has 0 aliphatic heterocycles. The van der Waals surface area contributed by atoms with Crippen molar-refractivity contribution in [1.29, 1.82) is 0 Å². The number of likely N-dealkylation sites (N-methyl/N-ethyl adjacent to an activating group) is 1. The molecule has 5 nitrogen and oxygen atoms in total. The number of ether oxygens (including phenoxy) is 1. The number of methoxy groups -OCH3 is 1. The summed E-state index contributed by atoms with van der Waals surface area (Å²) in [6, 6.07) is 7.70. The van der Waals surface area contributed by atoms with Gasteiger partial charge in [0, 0.05) is 19.0 Å². The van der Waals surface area contributed by atoms with Crippen molar-refractivity contribution < 1.29 is 14.3 Å². The van der Waals surface area contributed by atoms with Gasteiger partial charge in [-0.2, -0.15) is 0 Å². The van der Waals surface area contributed by atoms with E-state index in [1.165, 1.54) is 19.3 Å². The zero-order chi connectivity index (χ0) is 19.0. The first-order chi connectivity index (χ1) is 13.0. The highest BCUT2D eigenvalue weighted by atomic mass is 16.5. The van der Waals surface area contributed by atoms with Crippen molar-refractivity contribution >= 4 is 11.8 Å². The molecule has 0 unspecified atom stereocenters. The van der Waals surface area contributed by atoms with Crippen LogP contribution in [0.3, 0.4) is 0 Å². The summed E-state index contributed by atoms with van der Waals surface area (Å²) in [5.74, 6) is 3.03. The van der Waals surface area contributed by atoms with E-state index in [9.17, 15) is 9.59 Å². The maximum Gasteiger partial charge on any atom is 0.242 e. The third kappa shape index (κ3) is 3.69. The number of hydrogen-bond acceptors (Lipinski definition) is 3. The van der Waals surface area contributed by atoms with E-state index in [0.29, 0.717) is 6.54 Å². The summed E-state index contributed by atoms with van der Waals surface area (Å²) in [6.07, 6.45) is 7.02. The molecule has 5 rings (SSSR count). The molecule has 27 heavy (non-hydrogen) atoms. The normalized spacial score (nSPS) is 30.8. The molecular formula is C22H30N2O3. The van der Waals surface area contributed by atoms with Crippen LogP contribution in [0.2, 0.25) is 0 Å². The average molecular weight is 370 g/mol. The molecule has 146 valence electrons. The SMILES string of the molecule is COc1cccc(CN(C)C(=O)CNC(=O)C23CC4CC(CC(C4)C2)C3)c1. The van der Waals surface area contributed by atoms with Crippen LogP contribution in [0.15, 0.2) is 24.3 Å². The number of rotatable bonds is 6. The van der Waals surface area contributed by atoms with Crippen molar-refractivity contribution in [2.45, 2.75) is 45.1 Å². The Bertz CT molecular complexity index is 695. The number of nitrogens with one attached hydrogen (secondary N) is 1. The fourth-order valence-electron chi connectivity index (χ4n) is 6.00. The lowest BCUT2D eigenvalue weighted by Crippen LogP contribution is -2.54. The number of carbonyl (C=O) groups excluding carboxylic acids is 2. The van der Waals surface area contributed by atoms with Crippen LogP contribution in [0, 0.1) is 23.2 Å². The highest BCUT2D eigenvalue weighted by Crippen LogP contribution is 2.60. The van der Waals surface area contributed by atoms with Crippen LogP contribution < -0.4 is 10.1 Å². The molecule has 4 bridgehead atoms. The predicted octanol–water partition coefficient (Wildman–Crippen LogP) is 2.99. The van der Waals surface area contributed by atoms with Gasteiger partial charge in [-0.05, 0) is 74.0 Å². The maximum atomic E-state index is 13.0. The molecule has 0 heterocycles. The van der Waals surface area contributed by atoms with E-state index < -0.39 is 0 Å². The van der Waals surface area contributed by atoms with E-state index >= 15 is 0 Å². The Labute approximate surface area is 161 Å². The molecule has 4 saturated carbocycles. The molecule has 4 aliphatic carbocycles. The van der Waals surface area contributed by atoms with E-state index in [-0.39, 0.29) is 23.8 Å². The Morgan fingerprint density at radius 2 is 1.78 bits per heavy atom. The van der Waals surface area contributed by atoms with Crippen molar-refractivity contribution in [3.63, 3.8) is 0 Å². The molecule has 1 aromatic rings. The summed E-state index contributed by atoms with van der Waals surface area (Å²) in [4.78, 5) is 27.1. The first-order valence-electron chi connectivity index (χ1n) is 10.1. The molecule has 0 spiro atoms. The van der Waals surface area contributed by atoms with Gasteiger partial charge in [-0.15, -0.1) is 0 Å². The summed E-state index contributed by atoms with van der Waals surface area (Å²) in [6.45, 7) is 0.588. The summed E-state index contributed by atoms with van der Waals surface area (Å²) >= 11 is 0. The molecule has 5 heteroatoms. The van der Waals surface area contributed by atoms with Crippen LogP contribution in [-0.4, -0.2) is 37.4 Å². The second kappa shape index (κ2) is 7.17. The molecular weight excluding hydrogens is 340 g/mol. The first kappa shape index (κ1) is 18.3. The largest absolute Gasteiger partial charge is 0.497 e. The van der Waals surface area contributed by atoms with Crippen LogP contribution in [0.5, 0.6) is 5.75 Å². The summed E-state index contributed by atoms with van der Waals surface area (Å²) in [7, 11) is 3.41. The van der Waals surface area contributed by atoms with E-state index in [4.69, 9.17) is 4.74 Å². The Morgan fingerprint density at radius 1 is 1.15 bits per heavy atom. The Balaban J connectivity index is 1.31. The van der Waals surface area contributed by atoms with Crippen LogP contribution in [0.1, 0.15) is 44.1 Å². The quantitative estimate of drug-likeness (QED) is 0.837. The molecule has 0 aromatic heterocycles. The predicted molar refractivity (Wildman–Crippen MR) is 103 cm³/mol. The smallest absolute Gasteiger partial charge is 0.242 e. The number of benzene rings is 1. The third-order valence-corrected chi connectivity index (χ3v) is 6.90. The Morgan fingerprint density at radius 3 is 2.37 bits per heavy atom. The van der Waals surface area contributed by atoms with E-state index in [0.717, 1.165) is 48.3 Å². The fraction of sp³-hybridized carbons (Fsp3) is 0.636. The minimum atomic E-state index is -0.194. The van der Waals surface area contributed by atoms with Crippen LogP contribution in [-0.2, 0) is 16.1 Å². The number of amides is 2. The van der Waals surface area contributed by atoms with Gasteiger partial charge < -0.3 is 15.0 Å². The molecule has 4 aliphatic rings. The van der Waals surface area contributed by atoms with Gasteiger partial charge >= 0.3 is 0 Å². The van der Waals surface area contributed by atoms with Gasteiger partial charge in [-0.1, -0.05) is 12.1 Å². The highest BCUT2D eigenvalue weighted by molar-refractivity contribution is 5.88. The van der Waals surface area contributed by atoms with Gasteiger partial charge in [0.25, 0.3) is 0 Å². The Hall–Kier alpha value is -2.04. The summed E-state index contributed by atoms with van der Waals surface area (Å²) < 4.78 is 5.23. The van der Waals surface area contributed by atoms with Crippen molar-refractivity contribution in [2.75, 3.05) is 20.7 Å². The van der Waals surface area contributed by atoms with Gasteiger partial charge in [-0.25, -0.2) is 0 Å². The zero-order valence-corrected chi connectivity index (χ0v) is 16.4. The fourth-order valence-corrected chi connectivity index (χ4v) is 6.00. The van der Waals surface area contributed by atoms with Gasteiger partial charge in [0.2, 0.25) is 11.8 Å². The molecule has 0 radical (unpaired) electrons. The monoisotopic (exact) mass is 370 g/mol. The van der Waals surface area contributed by atoms with Gasteiger partial charge in [-0.3, -0.25) is 9.59 Å². The van der Waals surface area contributed by atoms with E-state index in [2.05, 4.69) is 5.32 Å². The van der Waals surface area contributed by atoms with Crippen molar-refractivity contribution in [2.24, 2.45) is 23.2 Å². The van der Waals surface area contributed by atoms with Crippen molar-refractivity contribution in [1.82, 2.24) is 10.2 Å².